The first-order valence-corrected chi connectivity index (χ1v) is 9.95. The maximum absolute atomic E-state index is 12.9. The van der Waals surface area contributed by atoms with Crippen molar-refractivity contribution in [1.82, 2.24) is 4.90 Å². The van der Waals surface area contributed by atoms with E-state index < -0.39 is 0 Å². The van der Waals surface area contributed by atoms with Crippen LogP contribution in [0.15, 0.2) is 36.4 Å². The Morgan fingerprint density at radius 2 is 1.89 bits per heavy atom. The van der Waals surface area contributed by atoms with Crippen LogP contribution in [0.1, 0.15) is 40.9 Å². The minimum Gasteiger partial charge on any atom is -0.487 e. The van der Waals surface area contributed by atoms with Crippen molar-refractivity contribution in [2.45, 2.75) is 39.3 Å². The average molecular weight is 380 g/mol. The van der Waals surface area contributed by atoms with E-state index in [2.05, 4.69) is 37.4 Å². The predicted molar refractivity (Wildman–Crippen MR) is 110 cm³/mol. The van der Waals surface area contributed by atoms with Crippen LogP contribution in [0.2, 0.25) is 0 Å². The zero-order valence-electron chi connectivity index (χ0n) is 16.9. The maximum atomic E-state index is 12.9. The molecule has 2 aromatic rings. The minimum absolute atomic E-state index is 0.0788. The number of hydrogen-bond donors (Lipinski definition) is 1. The lowest BCUT2D eigenvalue weighted by atomic mass is 10.0. The van der Waals surface area contributed by atoms with Gasteiger partial charge in [-0.3, -0.25) is 4.79 Å². The van der Waals surface area contributed by atoms with Crippen molar-refractivity contribution in [2.75, 3.05) is 31.6 Å². The van der Waals surface area contributed by atoms with Crippen LogP contribution in [0, 0.1) is 6.92 Å². The third-order valence-corrected chi connectivity index (χ3v) is 5.50. The highest BCUT2D eigenvalue weighted by Crippen LogP contribution is 2.38. The van der Waals surface area contributed by atoms with E-state index in [1.807, 2.05) is 30.0 Å². The second kappa shape index (κ2) is 7.47. The lowest BCUT2D eigenvalue weighted by Crippen LogP contribution is -2.41. The average Bonchev–Trinajstić information content (AvgIpc) is 3.02. The molecule has 2 aromatic carbocycles. The van der Waals surface area contributed by atoms with Crippen molar-refractivity contribution >= 4 is 11.6 Å². The van der Waals surface area contributed by atoms with Gasteiger partial charge in [0.2, 0.25) is 0 Å². The molecule has 0 radical (unpaired) electrons. The number of rotatable bonds is 4. The van der Waals surface area contributed by atoms with Gasteiger partial charge in [0.15, 0.2) is 0 Å². The number of nitrogens with one attached hydrogen (secondary N) is 1. The Morgan fingerprint density at radius 1 is 1.14 bits per heavy atom. The SMILES string of the molecule is Cc1c(NCc2cccc3c2OC(C)(C)C3)cccc1C(=O)N1CCOCC1. The van der Waals surface area contributed by atoms with E-state index in [1.165, 1.54) is 5.56 Å². The highest BCUT2D eigenvalue weighted by atomic mass is 16.5. The van der Waals surface area contributed by atoms with Crippen LogP contribution in [0.25, 0.3) is 0 Å². The fourth-order valence-corrected chi connectivity index (χ4v) is 4.00. The molecular formula is C23H28N2O3. The number of carbonyl (C=O) groups excluding carboxylic acids is 1. The first kappa shape index (κ1) is 18.8. The minimum atomic E-state index is -0.154. The van der Waals surface area contributed by atoms with Crippen LogP contribution < -0.4 is 10.1 Å². The molecule has 28 heavy (non-hydrogen) atoms. The molecule has 0 saturated carbocycles. The largest absolute Gasteiger partial charge is 0.487 e. The molecule has 5 heteroatoms. The summed E-state index contributed by atoms with van der Waals surface area (Å²) >= 11 is 0. The van der Waals surface area contributed by atoms with E-state index in [0.717, 1.165) is 34.5 Å². The van der Waals surface area contributed by atoms with Crippen LogP contribution in [-0.4, -0.2) is 42.7 Å². The van der Waals surface area contributed by atoms with Gasteiger partial charge in [0.25, 0.3) is 5.91 Å². The number of morpholine rings is 1. The normalized spacial score (nSPS) is 17.8. The molecule has 2 aliphatic rings. The van der Waals surface area contributed by atoms with E-state index in [9.17, 15) is 4.79 Å². The zero-order chi connectivity index (χ0) is 19.7. The van der Waals surface area contributed by atoms with Crippen molar-refractivity contribution in [3.8, 4) is 5.75 Å². The van der Waals surface area contributed by atoms with Gasteiger partial charge < -0.3 is 19.7 Å². The van der Waals surface area contributed by atoms with Gasteiger partial charge in [-0.05, 0) is 44.0 Å². The first-order chi connectivity index (χ1) is 13.4. The maximum Gasteiger partial charge on any atom is 0.254 e. The summed E-state index contributed by atoms with van der Waals surface area (Å²) in [4.78, 5) is 14.8. The number of anilines is 1. The smallest absolute Gasteiger partial charge is 0.254 e. The molecule has 0 bridgehead atoms. The summed E-state index contributed by atoms with van der Waals surface area (Å²) in [5.41, 5.74) is 4.97. The van der Waals surface area contributed by atoms with Crippen LogP contribution >= 0.6 is 0 Å². The number of amides is 1. The van der Waals surface area contributed by atoms with Gasteiger partial charge >= 0.3 is 0 Å². The van der Waals surface area contributed by atoms with Gasteiger partial charge in [-0.15, -0.1) is 0 Å². The Bertz CT molecular complexity index is 885. The van der Waals surface area contributed by atoms with Crippen molar-refractivity contribution < 1.29 is 14.3 Å². The number of nitrogens with zero attached hydrogens (tertiary/aromatic N) is 1. The van der Waals surface area contributed by atoms with Gasteiger partial charge in [0.05, 0.1) is 13.2 Å². The number of para-hydroxylation sites is 1. The molecule has 1 N–H and O–H groups in total. The standard InChI is InChI=1S/C23H28N2O3/c1-16-19(22(26)25-10-12-27-13-11-25)8-5-9-20(16)24-15-18-7-4-6-17-14-23(2,3)28-21(17)18/h4-9,24H,10-15H2,1-3H3. The summed E-state index contributed by atoms with van der Waals surface area (Å²) in [5, 5.41) is 3.51. The van der Waals surface area contributed by atoms with E-state index in [1.54, 1.807) is 0 Å². The summed E-state index contributed by atoms with van der Waals surface area (Å²) < 4.78 is 11.5. The molecule has 2 aliphatic heterocycles. The van der Waals surface area contributed by atoms with Crippen LogP contribution in [0.4, 0.5) is 5.69 Å². The molecule has 5 nitrogen and oxygen atoms in total. The van der Waals surface area contributed by atoms with E-state index >= 15 is 0 Å². The molecule has 0 aromatic heterocycles. The summed E-state index contributed by atoms with van der Waals surface area (Å²) in [6.45, 7) is 9.43. The molecule has 0 spiro atoms. The highest BCUT2D eigenvalue weighted by molar-refractivity contribution is 5.97. The predicted octanol–water partition coefficient (Wildman–Crippen LogP) is 3.79. The highest BCUT2D eigenvalue weighted by Gasteiger charge is 2.31. The molecule has 1 fully saturated rings. The van der Waals surface area contributed by atoms with Crippen LogP contribution in [0.3, 0.4) is 0 Å². The lowest BCUT2D eigenvalue weighted by Gasteiger charge is -2.27. The fraction of sp³-hybridized carbons (Fsp3) is 0.435. The second-order valence-corrected chi connectivity index (χ2v) is 8.18. The molecule has 2 heterocycles. The quantitative estimate of drug-likeness (QED) is 0.877. The topological polar surface area (TPSA) is 50.8 Å². The lowest BCUT2D eigenvalue weighted by molar-refractivity contribution is 0.0302. The fourth-order valence-electron chi connectivity index (χ4n) is 4.00. The Labute approximate surface area is 166 Å². The summed E-state index contributed by atoms with van der Waals surface area (Å²) in [6, 6.07) is 12.2. The third kappa shape index (κ3) is 3.72. The Balaban J connectivity index is 1.51. The molecule has 0 aliphatic carbocycles. The molecular weight excluding hydrogens is 352 g/mol. The molecule has 148 valence electrons. The van der Waals surface area contributed by atoms with Crippen LogP contribution in [0.5, 0.6) is 5.75 Å². The second-order valence-electron chi connectivity index (χ2n) is 8.18. The number of carbonyl (C=O) groups is 1. The molecule has 4 rings (SSSR count). The van der Waals surface area contributed by atoms with Gasteiger partial charge in [0, 0.05) is 42.9 Å². The number of ether oxygens (including phenoxy) is 2. The van der Waals surface area contributed by atoms with Gasteiger partial charge in [-0.1, -0.05) is 24.3 Å². The third-order valence-electron chi connectivity index (χ3n) is 5.50. The number of benzene rings is 2. The zero-order valence-corrected chi connectivity index (χ0v) is 16.9. The first-order valence-electron chi connectivity index (χ1n) is 9.95. The van der Waals surface area contributed by atoms with E-state index in [-0.39, 0.29) is 11.5 Å². The number of hydrogen-bond acceptors (Lipinski definition) is 4. The van der Waals surface area contributed by atoms with E-state index in [0.29, 0.717) is 32.8 Å². The molecule has 0 atom stereocenters. The Kier molecular flexibility index (Phi) is 5.02. The van der Waals surface area contributed by atoms with Crippen molar-refractivity contribution in [2.24, 2.45) is 0 Å². The number of fused-ring (bicyclic) bond motifs is 1. The van der Waals surface area contributed by atoms with Gasteiger partial charge in [-0.2, -0.15) is 0 Å². The van der Waals surface area contributed by atoms with E-state index in [4.69, 9.17) is 9.47 Å². The van der Waals surface area contributed by atoms with Gasteiger partial charge in [-0.25, -0.2) is 0 Å². The summed E-state index contributed by atoms with van der Waals surface area (Å²) in [5.74, 6) is 1.08. The molecule has 1 amide bonds. The van der Waals surface area contributed by atoms with Crippen molar-refractivity contribution in [1.29, 1.82) is 0 Å². The van der Waals surface area contributed by atoms with Crippen LogP contribution in [-0.2, 0) is 17.7 Å². The van der Waals surface area contributed by atoms with Crippen molar-refractivity contribution in [3.63, 3.8) is 0 Å². The summed E-state index contributed by atoms with van der Waals surface area (Å²) in [7, 11) is 0. The van der Waals surface area contributed by atoms with Crippen molar-refractivity contribution in [3.05, 3.63) is 58.7 Å². The Hall–Kier alpha value is -2.53. The summed E-state index contributed by atoms with van der Waals surface area (Å²) in [6.07, 6.45) is 0.929. The molecule has 0 unspecified atom stereocenters. The molecule has 1 saturated heterocycles. The monoisotopic (exact) mass is 380 g/mol. The Morgan fingerprint density at radius 3 is 2.68 bits per heavy atom. The van der Waals surface area contributed by atoms with Gasteiger partial charge in [0.1, 0.15) is 11.4 Å².